The Morgan fingerprint density at radius 2 is 2.08 bits per heavy atom. The minimum absolute atomic E-state index is 0.172. The lowest BCUT2D eigenvalue weighted by Gasteiger charge is -2.34. The summed E-state index contributed by atoms with van der Waals surface area (Å²) < 4.78 is 0. The summed E-state index contributed by atoms with van der Waals surface area (Å²) >= 11 is 0. The van der Waals surface area contributed by atoms with Gasteiger partial charge < -0.3 is 5.73 Å². The van der Waals surface area contributed by atoms with E-state index in [0.29, 0.717) is 0 Å². The molecule has 0 aromatic heterocycles. The number of nitrogens with two attached hydrogens (primary N) is 1. The van der Waals surface area contributed by atoms with Gasteiger partial charge in [-0.3, -0.25) is 0 Å². The van der Waals surface area contributed by atoms with Crippen LogP contribution in [-0.4, -0.2) is 5.54 Å². The fraction of sp³-hybridized carbons (Fsp3) is 1.00. The molecule has 0 radical (unpaired) electrons. The third-order valence-corrected chi connectivity index (χ3v) is 3.48. The third kappa shape index (κ3) is 2.22. The molecule has 1 aliphatic carbocycles. The van der Waals surface area contributed by atoms with Crippen LogP contribution in [0, 0.1) is 5.92 Å². The largest absolute Gasteiger partial charge is 0.325 e. The van der Waals surface area contributed by atoms with Crippen LogP contribution >= 0.6 is 0 Å². The molecular weight excluding hydrogens is 146 g/mol. The van der Waals surface area contributed by atoms with Crippen molar-refractivity contribution >= 4 is 0 Å². The van der Waals surface area contributed by atoms with E-state index in [-0.39, 0.29) is 5.54 Å². The molecular formula is C11H23N. The smallest absolute Gasteiger partial charge is 0.0180 e. The fourth-order valence-corrected chi connectivity index (χ4v) is 2.45. The minimum atomic E-state index is 0.172. The first kappa shape index (κ1) is 10.0. The number of hydrogen-bond acceptors (Lipinski definition) is 1. The first-order chi connectivity index (χ1) is 5.69. The maximum atomic E-state index is 6.41. The van der Waals surface area contributed by atoms with Gasteiger partial charge in [-0.25, -0.2) is 0 Å². The summed E-state index contributed by atoms with van der Waals surface area (Å²) in [5, 5.41) is 0. The second-order valence-electron chi connectivity index (χ2n) is 4.48. The van der Waals surface area contributed by atoms with E-state index in [2.05, 4.69) is 13.8 Å². The van der Waals surface area contributed by atoms with Crippen molar-refractivity contribution in [2.45, 2.75) is 64.3 Å². The SMILES string of the molecule is CCCC1(N)CCCCCC1C. The lowest BCUT2D eigenvalue weighted by molar-refractivity contribution is 0.251. The topological polar surface area (TPSA) is 26.0 Å². The summed E-state index contributed by atoms with van der Waals surface area (Å²) in [6.45, 7) is 4.58. The average molecular weight is 169 g/mol. The van der Waals surface area contributed by atoms with Crippen molar-refractivity contribution < 1.29 is 0 Å². The molecule has 2 N–H and O–H groups in total. The summed E-state index contributed by atoms with van der Waals surface area (Å²) in [5.41, 5.74) is 6.58. The predicted octanol–water partition coefficient (Wildman–Crippen LogP) is 3.08. The van der Waals surface area contributed by atoms with E-state index < -0.39 is 0 Å². The molecule has 2 unspecified atom stereocenters. The monoisotopic (exact) mass is 169 g/mol. The summed E-state index contributed by atoms with van der Waals surface area (Å²) in [6, 6.07) is 0. The van der Waals surface area contributed by atoms with Crippen LogP contribution in [0.5, 0.6) is 0 Å². The van der Waals surface area contributed by atoms with Gasteiger partial charge in [0.15, 0.2) is 0 Å². The zero-order chi connectivity index (χ0) is 9.03. The molecule has 0 amide bonds. The summed E-state index contributed by atoms with van der Waals surface area (Å²) in [4.78, 5) is 0. The maximum Gasteiger partial charge on any atom is 0.0180 e. The first-order valence-corrected chi connectivity index (χ1v) is 5.48. The molecule has 12 heavy (non-hydrogen) atoms. The van der Waals surface area contributed by atoms with Crippen molar-refractivity contribution in [2.24, 2.45) is 11.7 Å². The van der Waals surface area contributed by atoms with Crippen LogP contribution in [0.3, 0.4) is 0 Å². The zero-order valence-corrected chi connectivity index (χ0v) is 8.60. The van der Waals surface area contributed by atoms with Crippen LogP contribution in [0.4, 0.5) is 0 Å². The van der Waals surface area contributed by atoms with Gasteiger partial charge in [-0.15, -0.1) is 0 Å². The Morgan fingerprint density at radius 1 is 1.33 bits per heavy atom. The molecule has 1 heteroatoms. The quantitative estimate of drug-likeness (QED) is 0.632. The standard InChI is InChI=1S/C11H23N/c1-3-8-11(12)9-6-4-5-7-10(11)2/h10H,3-9,12H2,1-2H3. The summed E-state index contributed by atoms with van der Waals surface area (Å²) in [6.07, 6.45) is 9.19. The number of hydrogen-bond donors (Lipinski definition) is 1. The van der Waals surface area contributed by atoms with Crippen molar-refractivity contribution in [1.29, 1.82) is 0 Å². The third-order valence-electron chi connectivity index (χ3n) is 3.48. The molecule has 0 saturated heterocycles. The van der Waals surface area contributed by atoms with Crippen LogP contribution in [0.2, 0.25) is 0 Å². The van der Waals surface area contributed by atoms with E-state index in [9.17, 15) is 0 Å². The number of rotatable bonds is 2. The van der Waals surface area contributed by atoms with Crippen molar-refractivity contribution in [3.8, 4) is 0 Å². The van der Waals surface area contributed by atoms with Crippen molar-refractivity contribution in [3.05, 3.63) is 0 Å². The normalized spacial score (nSPS) is 37.8. The van der Waals surface area contributed by atoms with Gasteiger partial charge in [-0.2, -0.15) is 0 Å². The maximum absolute atomic E-state index is 6.41. The minimum Gasteiger partial charge on any atom is -0.325 e. The van der Waals surface area contributed by atoms with Crippen LogP contribution in [0.15, 0.2) is 0 Å². The molecule has 0 heterocycles. The Morgan fingerprint density at radius 3 is 2.75 bits per heavy atom. The van der Waals surface area contributed by atoms with Gasteiger partial charge >= 0.3 is 0 Å². The molecule has 72 valence electrons. The second kappa shape index (κ2) is 4.27. The molecule has 0 aromatic carbocycles. The Labute approximate surface area is 76.7 Å². The fourth-order valence-electron chi connectivity index (χ4n) is 2.45. The highest BCUT2D eigenvalue weighted by Gasteiger charge is 2.31. The zero-order valence-electron chi connectivity index (χ0n) is 8.60. The highest BCUT2D eigenvalue weighted by Crippen LogP contribution is 2.33. The van der Waals surface area contributed by atoms with E-state index in [1.54, 1.807) is 0 Å². The molecule has 2 atom stereocenters. The lowest BCUT2D eigenvalue weighted by Crippen LogP contribution is -2.45. The molecule has 0 bridgehead atoms. The molecule has 1 aliphatic rings. The first-order valence-electron chi connectivity index (χ1n) is 5.48. The van der Waals surface area contributed by atoms with Gasteiger partial charge in [0.05, 0.1) is 0 Å². The molecule has 1 nitrogen and oxygen atoms in total. The Bertz CT molecular complexity index is 133. The van der Waals surface area contributed by atoms with Crippen molar-refractivity contribution in [1.82, 2.24) is 0 Å². The molecule has 0 aromatic rings. The van der Waals surface area contributed by atoms with Crippen molar-refractivity contribution in [3.63, 3.8) is 0 Å². The van der Waals surface area contributed by atoms with E-state index in [1.807, 2.05) is 0 Å². The highest BCUT2D eigenvalue weighted by atomic mass is 14.8. The van der Waals surface area contributed by atoms with E-state index >= 15 is 0 Å². The summed E-state index contributed by atoms with van der Waals surface area (Å²) in [5.74, 6) is 0.736. The molecule has 1 fully saturated rings. The van der Waals surface area contributed by atoms with Crippen LogP contribution < -0.4 is 5.73 Å². The average Bonchev–Trinajstić information content (AvgIpc) is 2.17. The molecule has 1 saturated carbocycles. The van der Waals surface area contributed by atoms with Crippen molar-refractivity contribution in [2.75, 3.05) is 0 Å². The lowest BCUT2D eigenvalue weighted by atomic mass is 9.79. The Balaban J connectivity index is 2.55. The Hall–Kier alpha value is -0.0400. The molecule has 0 spiro atoms. The second-order valence-corrected chi connectivity index (χ2v) is 4.48. The van der Waals surface area contributed by atoms with E-state index in [0.717, 1.165) is 5.92 Å². The Kier molecular flexibility index (Phi) is 3.57. The van der Waals surface area contributed by atoms with Gasteiger partial charge in [0.25, 0.3) is 0 Å². The predicted molar refractivity (Wildman–Crippen MR) is 54.1 cm³/mol. The van der Waals surface area contributed by atoms with Gasteiger partial charge in [0.1, 0.15) is 0 Å². The van der Waals surface area contributed by atoms with Gasteiger partial charge in [0, 0.05) is 5.54 Å². The highest BCUT2D eigenvalue weighted by molar-refractivity contribution is 4.90. The molecule has 1 rings (SSSR count). The van der Waals surface area contributed by atoms with Gasteiger partial charge in [-0.05, 0) is 25.2 Å². The van der Waals surface area contributed by atoms with Gasteiger partial charge in [0.2, 0.25) is 0 Å². The van der Waals surface area contributed by atoms with E-state index in [4.69, 9.17) is 5.73 Å². The van der Waals surface area contributed by atoms with Crippen LogP contribution in [-0.2, 0) is 0 Å². The van der Waals surface area contributed by atoms with E-state index in [1.165, 1.54) is 44.9 Å². The summed E-state index contributed by atoms with van der Waals surface area (Å²) in [7, 11) is 0. The molecule has 0 aliphatic heterocycles. The van der Waals surface area contributed by atoms with Crippen LogP contribution in [0.25, 0.3) is 0 Å². The van der Waals surface area contributed by atoms with Gasteiger partial charge in [-0.1, -0.05) is 39.5 Å². The van der Waals surface area contributed by atoms with Crippen LogP contribution in [0.1, 0.15) is 58.8 Å².